The number of aliphatic hydroxyl groups is 1. The summed E-state index contributed by atoms with van der Waals surface area (Å²) < 4.78 is 0. The van der Waals surface area contributed by atoms with E-state index < -0.39 is 0 Å². The number of nitrogens with zero attached hydrogens (tertiary/aromatic N) is 2. The van der Waals surface area contributed by atoms with E-state index >= 15 is 0 Å². The van der Waals surface area contributed by atoms with Crippen LogP contribution in [0.3, 0.4) is 0 Å². The average molecular weight is 244 g/mol. The Bertz CT molecular complexity index is 429. The fourth-order valence-electron chi connectivity index (χ4n) is 2.70. The number of hydrogen-bond acceptors (Lipinski definition) is 3. The molecule has 3 heteroatoms. The zero-order chi connectivity index (χ0) is 13.0. The molecule has 1 heterocycles. The number of piperidine rings is 1. The molecule has 2 rings (SSSR count). The molecule has 0 saturated carbocycles. The molecule has 18 heavy (non-hydrogen) atoms. The van der Waals surface area contributed by atoms with Crippen LogP contribution < -0.4 is 4.90 Å². The Morgan fingerprint density at radius 1 is 1.39 bits per heavy atom. The van der Waals surface area contributed by atoms with Gasteiger partial charge in [-0.15, -0.1) is 0 Å². The van der Waals surface area contributed by atoms with Crippen LogP contribution in [0.1, 0.15) is 31.7 Å². The highest BCUT2D eigenvalue weighted by Crippen LogP contribution is 2.34. The third-order valence-corrected chi connectivity index (χ3v) is 4.11. The van der Waals surface area contributed by atoms with E-state index in [1.54, 1.807) is 0 Å². The predicted molar refractivity (Wildman–Crippen MR) is 72.4 cm³/mol. The first-order valence-corrected chi connectivity index (χ1v) is 6.59. The van der Waals surface area contributed by atoms with Crippen molar-refractivity contribution in [3.05, 3.63) is 29.8 Å². The molecule has 0 aliphatic carbocycles. The molecule has 0 unspecified atom stereocenters. The zero-order valence-corrected chi connectivity index (χ0v) is 10.9. The molecule has 0 radical (unpaired) electrons. The van der Waals surface area contributed by atoms with Crippen LogP contribution in [0.2, 0.25) is 0 Å². The molecule has 1 fully saturated rings. The lowest BCUT2D eigenvalue weighted by molar-refractivity contribution is 0.101. The molecule has 0 amide bonds. The van der Waals surface area contributed by atoms with Crippen molar-refractivity contribution in [3.63, 3.8) is 0 Å². The minimum atomic E-state index is 0.0478. The average Bonchev–Trinajstić information content (AvgIpc) is 2.47. The second-order valence-corrected chi connectivity index (χ2v) is 5.20. The van der Waals surface area contributed by atoms with Gasteiger partial charge in [-0.2, -0.15) is 5.26 Å². The molecule has 3 nitrogen and oxygen atoms in total. The molecular weight excluding hydrogens is 224 g/mol. The maximum absolute atomic E-state index is 9.62. The Labute approximate surface area is 109 Å². The Hall–Kier alpha value is -1.53. The summed E-state index contributed by atoms with van der Waals surface area (Å²) >= 11 is 0. The van der Waals surface area contributed by atoms with Crippen molar-refractivity contribution in [2.75, 3.05) is 24.6 Å². The Balaban J connectivity index is 2.15. The van der Waals surface area contributed by atoms with Gasteiger partial charge < -0.3 is 10.0 Å². The molecule has 1 aromatic carbocycles. The lowest BCUT2D eigenvalue weighted by Crippen LogP contribution is -2.45. The van der Waals surface area contributed by atoms with E-state index in [2.05, 4.69) is 17.9 Å². The largest absolute Gasteiger partial charge is 0.396 e. The molecule has 1 aliphatic heterocycles. The van der Waals surface area contributed by atoms with E-state index in [4.69, 9.17) is 5.26 Å². The topological polar surface area (TPSA) is 47.3 Å². The van der Waals surface area contributed by atoms with Gasteiger partial charge in [0.05, 0.1) is 18.2 Å². The first-order chi connectivity index (χ1) is 8.73. The van der Waals surface area contributed by atoms with Crippen LogP contribution in [0.5, 0.6) is 0 Å². The van der Waals surface area contributed by atoms with E-state index in [1.165, 1.54) is 0 Å². The summed E-state index contributed by atoms with van der Waals surface area (Å²) in [5, 5.41) is 18.4. The van der Waals surface area contributed by atoms with Crippen molar-refractivity contribution in [1.82, 2.24) is 0 Å². The van der Waals surface area contributed by atoms with Gasteiger partial charge >= 0.3 is 0 Å². The Morgan fingerprint density at radius 3 is 2.67 bits per heavy atom. The van der Waals surface area contributed by atoms with Crippen LogP contribution in [-0.2, 0) is 0 Å². The highest BCUT2D eigenvalue weighted by atomic mass is 16.3. The Morgan fingerprint density at radius 2 is 2.11 bits per heavy atom. The van der Waals surface area contributed by atoms with Gasteiger partial charge in [0, 0.05) is 24.2 Å². The van der Waals surface area contributed by atoms with E-state index in [-0.39, 0.29) is 12.0 Å². The molecule has 96 valence electrons. The monoisotopic (exact) mass is 244 g/mol. The minimum Gasteiger partial charge on any atom is -0.396 e. The lowest BCUT2D eigenvalue weighted by atomic mass is 9.78. The highest BCUT2D eigenvalue weighted by molar-refractivity contribution is 5.50. The van der Waals surface area contributed by atoms with Crippen molar-refractivity contribution < 1.29 is 5.11 Å². The summed E-state index contributed by atoms with van der Waals surface area (Å²) in [6.07, 6.45) is 3.23. The number of benzene rings is 1. The first kappa shape index (κ1) is 12.9. The van der Waals surface area contributed by atoms with Gasteiger partial charge in [0.15, 0.2) is 0 Å². The van der Waals surface area contributed by atoms with Crippen LogP contribution >= 0.6 is 0 Å². The van der Waals surface area contributed by atoms with Gasteiger partial charge in [-0.1, -0.05) is 6.92 Å². The van der Waals surface area contributed by atoms with Gasteiger partial charge in [0.25, 0.3) is 0 Å². The second kappa shape index (κ2) is 5.41. The molecule has 1 saturated heterocycles. The van der Waals surface area contributed by atoms with Crippen molar-refractivity contribution in [3.8, 4) is 6.07 Å². The highest BCUT2D eigenvalue weighted by Gasteiger charge is 2.33. The van der Waals surface area contributed by atoms with Crippen molar-refractivity contribution in [2.45, 2.75) is 26.2 Å². The molecule has 1 atom stereocenters. The summed E-state index contributed by atoms with van der Waals surface area (Å²) in [5.41, 5.74) is 1.89. The summed E-state index contributed by atoms with van der Waals surface area (Å²) in [4.78, 5) is 2.32. The fraction of sp³-hybridized carbons (Fsp3) is 0.533. The third kappa shape index (κ3) is 2.49. The number of rotatable bonds is 3. The summed E-state index contributed by atoms with van der Waals surface area (Å²) in [6, 6.07) is 9.86. The fourth-order valence-corrected chi connectivity index (χ4v) is 2.70. The van der Waals surface area contributed by atoms with E-state index in [1.807, 2.05) is 24.3 Å². The lowest BCUT2D eigenvalue weighted by Gasteiger charge is -2.42. The molecule has 0 spiro atoms. The summed E-state index contributed by atoms with van der Waals surface area (Å²) in [5.74, 6) is 0. The van der Waals surface area contributed by atoms with E-state index in [9.17, 15) is 5.11 Å². The van der Waals surface area contributed by atoms with Crippen LogP contribution in [0, 0.1) is 16.7 Å². The van der Waals surface area contributed by atoms with Gasteiger partial charge in [0.2, 0.25) is 0 Å². The SMILES string of the molecule is CC[C@@]1(CO)CCCN(c2ccc(C#N)cc2)C1. The molecule has 1 aliphatic rings. The smallest absolute Gasteiger partial charge is 0.0991 e. The van der Waals surface area contributed by atoms with Gasteiger partial charge in [-0.25, -0.2) is 0 Å². The maximum Gasteiger partial charge on any atom is 0.0991 e. The normalized spacial score (nSPS) is 23.7. The third-order valence-electron chi connectivity index (χ3n) is 4.11. The number of aliphatic hydroxyl groups excluding tert-OH is 1. The van der Waals surface area contributed by atoms with Crippen LogP contribution in [0.25, 0.3) is 0 Å². The van der Waals surface area contributed by atoms with Crippen molar-refractivity contribution >= 4 is 5.69 Å². The summed E-state index contributed by atoms with van der Waals surface area (Å²) in [6.45, 7) is 4.36. The van der Waals surface area contributed by atoms with Crippen LogP contribution in [0.4, 0.5) is 5.69 Å². The van der Waals surface area contributed by atoms with Gasteiger partial charge in [0.1, 0.15) is 0 Å². The van der Waals surface area contributed by atoms with E-state index in [0.717, 1.165) is 38.0 Å². The number of hydrogen-bond donors (Lipinski definition) is 1. The van der Waals surface area contributed by atoms with Gasteiger partial charge in [-0.3, -0.25) is 0 Å². The molecule has 1 N–H and O–H groups in total. The van der Waals surface area contributed by atoms with Crippen LogP contribution in [-0.4, -0.2) is 24.8 Å². The van der Waals surface area contributed by atoms with Gasteiger partial charge in [-0.05, 0) is 43.5 Å². The molecule has 0 aromatic heterocycles. The predicted octanol–water partition coefficient (Wildman–Crippen LogP) is 2.55. The maximum atomic E-state index is 9.62. The number of anilines is 1. The quantitative estimate of drug-likeness (QED) is 0.889. The second-order valence-electron chi connectivity index (χ2n) is 5.20. The first-order valence-electron chi connectivity index (χ1n) is 6.59. The van der Waals surface area contributed by atoms with E-state index in [0.29, 0.717) is 5.56 Å². The number of nitriles is 1. The zero-order valence-electron chi connectivity index (χ0n) is 10.9. The summed E-state index contributed by atoms with van der Waals surface area (Å²) in [7, 11) is 0. The minimum absolute atomic E-state index is 0.0478. The van der Waals surface area contributed by atoms with Crippen LogP contribution in [0.15, 0.2) is 24.3 Å². The standard InChI is InChI=1S/C15H20N2O/c1-2-15(12-18)8-3-9-17(11-15)14-6-4-13(10-16)5-7-14/h4-7,18H,2-3,8-9,11-12H2,1H3/t15-/m1/s1. The van der Waals surface area contributed by atoms with Crippen molar-refractivity contribution in [1.29, 1.82) is 5.26 Å². The molecular formula is C15H20N2O. The van der Waals surface area contributed by atoms with Crippen molar-refractivity contribution in [2.24, 2.45) is 5.41 Å². The molecule has 0 bridgehead atoms. The molecule has 1 aromatic rings. The Kier molecular flexibility index (Phi) is 3.88.